The minimum Gasteiger partial charge on any atom is -0.481 e. The van der Waals surface area contributed by atoms with Gasteiger partial charge >= 0.3 is 0 Å². The van der Waals surface area contributed by atoms with Crippen LogP contribution in [0.4, 0.5) is 0 Å². The van der Waals surface area contributed by atoms with Gasteiger partial charge in [0, 0.05) is 6.07 Å². The van der Waals surface area contributed by atoms with E-state index >= 15 is 0 Å². The Morgan fingerprint density at radius 3 is 2.80 bits per heavy atom. The molecule has 1 aromatic heterocycles. The summed E-state index contributed by atoms with van der Waals surface area (Å²) in [4.78, 5) is 7.93. The summed E-state index contributed by atoms with van der Waals surface area (Å²) >= 11 is 0. The predicted molar refractivity (Wildman–Crippen MR) is 57.6 cm³/mol. The minimum absolute atomic E-state index is 0.487. The van der Waals surface area contributed by atoms with Gasteiger partial charge in [-0.1, -0.05) is 20.3 Å². The molecule has 0 aliphatic heterocycles. The van der Waals surface area contributed by atoms with Crippen LogP contribution in [0.1, 0.15) is 38.5 Å². The van der Waals surface area contributed by atoms with Crippen LogP contribution in [0.2, 0.25) is 0 Å². The van der Waals surface area contributed by atoms with E-state index in [0.29, 0.717) is 17.5 Å². The minimum atomic E-state index is -0.531. The maximum atomic E-state index is 9.90. The van der Waals surface area contributed by atoms with Crippen molar-refractivity contribution in [1.29, 1.82) is 0 Å². The molecule has 0 bridgehead atoms. The van der Waals surface area contributed by atoms with Gasteiger partial charge in [0.25, 0.3) is 0 Å². The van der Waals surface area contributed by atoms with Crippen LogP contribution in [0.25, 0.3) is 0 Å². The molecule has 0 saturated carbocycles. The Balaban J connectivity index is 2.68. The summed E-state index contributed by atoms with van der Waals surface area (Å²) in [6, 6.07) is 1.67. The first-order valence-corrected chi connectivity index (χ1v) is 5.21. The van der Waals surface area contributed by atoms with Crippen molar-refractivity contribution in [2.45, 2.75) is 32.8 Å². The van der Waals surface area contributed by atoms with Crippen LogP contribution >= 0.6 is 0 Å². The van der Waals surface area contributed by atoms with Gasteiger partial charge in [0.1, 0.15) is 6.33 Å². The third-order valence-corrected chi connectivity index (χ3v) is 2.54. The molecular formula is C11H18N2O2. The molecule has 0 fully saturated rings. The topological polar surface area (TPSA) is 55.2 Å². The Morgan fingerprint density at radius 1 is 1.47 bits per heavy atom. The number of aliphatic hydroxyl groups excluding tert-OH is 1. The first-order chi connectivity index (χ1) is 7.17. The standard InChI is InChI=1S/C11H18N2O2/c1-4-8(2)5-10(14)9-6-11(15-3)13-7-12-9/h6-8,10,14H,4-5H2,1-3H3. The number of hydrogen-bond donors (Lipinski definition) is 1. The summed E-state index contributed by atoms with van der Waals surface area (Å²) in [6.07, 6.45) is 2.65. The summed E-state index contributed by atoms with van der Waals surface area (Å²) < 4.78 is 4.97. The molecule has 1 heterocycles. The van der Waals surface area contributed by atoms with E-state index in [1.165, 1.54) is 6.33 Å². The molecule has 0 aromatic carbocycles. The zero-order valence-corrected chi connectivity index (χ0v) is 9.47. The molecule has 1 aromatic rings. The highest BCUT2D eigenvalue weighted by molar-refractivity contribution is 5.15. The van der Waals surface area contributed by atoms with Crippen molar-refractivity contribution in [2.75, 3.05) is 7.11 Å². The second-order valence-electron chi connectivity index (χ2n) is 3.75. The Kier molecular flexibility index (Phi) is 4.49. The van der Waals surface area contributed by atoms with Gasteiger partial charge in [0.2, 0.25) is 5.88 Å². The summed E-state index contributed by atoms with van der Waals surface area (Å²) in [6.45, 7) is 4.22. The summed E-state index contributed by atoms with van der Waals surface area (Å²) in [5.41, 5.74) is 0.627. The van der Waals surface area contributed by atoms with Gasteiger partial charge in [-0.05, 0) is 12.3 Å². The molecule has 0 spiro atoms. The van der Waals surface area contributed by atoms with Crippen LogP contribution in [-0.2, 0) is 0 Å². The lowest BCUT2D eigenvalue weighted by Gasteiger charge is -2.14. The van der Waals surface area contributed by atoms with Crippen molar-refractivity contribution < 1.29 is 9.84 Å². The first kappa shape index (κ1) is 11.9. The molecule has 0 aliphatic carbocycles. The number of ether oxygens (including phenoxy) is 1. The third kappa shape index (κ3) is 3.47. The van der Waals surface area contributed by atoms with Crippen molar-refractivity contribution >= 4 is 0 Å². The number of rotatable bonds is 5. The van der Waals surface area contributed by atoms with E-state index < -0.39 is 6.10 Å². The van der Waals surface area contributed by atoms with E-state index in [0.717, 1.165) is 12.8 Å². The van der Waals surface area contributed by atoms with Crippen LogP contribution in [-0.4, -0.2) is 22.2 Å². The van der Waals surface area contributed by atoms with Gasteiger partial charge in [-0.3, -0.25) is 0 Å². The monoisotopic (exact) mass is 210 g/mol. The molecule has 4 nitrogen and oxygen atoms in total. The summed E-state index contributed by atoms with van der Waals surface area (Å²) in [5, 5.41) is 9.90. The Morgan fingerprint density at radius 2 is 2.20 bits per heavy atom. The number of methoxy groups -OCH3 is 1. The molecule has 2 unspecified atom stereocenters. The van der Waals surface area contributed by atoms with E-state index in [1.807, 2.05) is 0 Å². The molecular weight excluding hydrogens is 192 g/mol. The van der Waals surface area contributed by atoms with Crippen molar-refractivity contribution in [3.63, 3.8) is 0 Å². The lowest BCUT2D eigenvalue weighted by Crippen LogP contribution is -2.06. The summed E-state index contributed by atoms with van der Waals surface area (Å²) in [5.74, 6) is 0.976. The molecule has 15 heavy (non-hydrogen) atoms. The van der Waals surface area contributed by atoms with Gasteiger partial charge in [-0.2, -0.15) is 0 Å². The fraction of sp³-hybridized carbons (Fsp3) is 0.636. The largest absolute Gasteiger partial charge is 0.481 e. The molecule has 0 amide bonds. The van der Waals surface area contributed by atoms with Gasteiger partial charge in [-0.25, -0.2) is 9.97 Å². The Bertz CT molecular complexity index is 304. The average Bonchev–Trinajstić information content (AvgIpc) is 2.28. The fourth-order valence-electron chi connectivity index (χ4n) is 1.32. The maximum Gasteiger partial charge on any atom is 0.216 e. The molecule has 0 radical (unpaired) electrons. The van der Waals surface area contributed by atoms with Crippen molar-refractivity contribution in [3.8, 4) is 5.88 Å². The zero-order valence-electron chi connectivity index (χ0n) is 9.47. The first-order valence-electron chi connectivity index (χ1n) is 5.21. The highest BCUT2D eigenvalue weighted by Crippen LogP contribution is 2.22. The number of hydrogen-bond acceptors (Lipinski definition) is 4. The van der Waals surface area contributed by atoms with Crippen LogP contribution in [0.5, 0.6) is 5.88 Å². The molecule has 0 saturated heterocycles. The molecule has 1 rings (SSSR count). The summed E-state index contributed by atoms with van der Waals surface area (Å²) in [7, 11) is 1.55. The Labute approximate surface area is 90.3 Å². The molecule has 0 aliphatic rings. The van der Waals surface area contributed by atoms with Gasteiger partial charge < -0.3 is 9.84 Å². The van der Waals surface area contributed by atoms with Crippen LogP contribution in [0.15, 0.2) is 12.4 Å². The maximum absolute atomic E-state index is 9.90. The van der Waals surface area contributed by atoms with Crippen LogP contribution in [0, 0.1) is 5.92 Å². The van der Waals surface area contributed by atoms with Gasteiger partial charge in [-0.15, -0.1) is 0 Å². The molecule has 84 valence electrons. The highest BCUT2D eigenvalue weighted by Gasteiger charge is 2.13. The van der Waals surface area contributed by atoms with Crippen molar-refractivity contribution in [2.24, 2.45) is 5.92 Å². The average molecular weight is 210 g/mol. The molecule has 4 heteroatoms. The molecule has 2 atom stereocenters. The van der Waals surface area contributed by atoms with Crippen molar-refractivity contribution in [3.05, 3.63) is 18.1 Å². The lowest BCUT2D eigenvalue weighted by molar-refractivity contribution is 0.141. The van der Waals surface area contributed by atoms with E-state index in [-0.39, 0.29) is 0 Å². The quantitative estimate of drug-likeness (QED) is 0.807. The van der Waals surface area contributed by atoms with E-state index in [2.05, 4.69) is 23.8 Å². The van der Waals surface area contributed by atoms with Crippen molar-refractivity contribution in [1.82, 2.24) is 9.97 Å². The second kappa shape index (κ2) is 5.66. The second-order valence-corrected chi connectivity index (χ2v) is 3.75. The number of aromatic nitrogens is 2. The Hall–Kier alpha value is -1.16. The predicted octanol–water partition coefficient (Wildman–Crippen LogP) is 1.95. The normalized spacial score (nSPS) is 14.7. The number of nitrogens with zero attached hydrogens (tertiary/aromatic N) is 2. The zero-order chi connectivity index (χ0) is 11.3. The van der Waals surface area contributed by atoms with E-state index in [4.69, 9.17) is 4.74 Å². The van der Waals surface area contributed by atoms with E-state index in [9.17, 15) is 5.11 Å². The van der Waals surface area contributed by atoms with E-state index in [1.54, 1.807) is 13.2 Å². The lowest BCUT2D eigenvalue weighted by atomic mass is 9.99. The SMILES string of the molecule is CCC(C)CC(O)c1cc(OC)ncn1. The fourth-order valence-corrected chi connectivity index (χ4v) is 1.32. The highest BCUT2D eigenvalue weighted by atomic mass is 16.5. The molecule has 1 N–H and O–H groups in total. The smallest absolute Gasteiger partial charge is 0.216 e. The van der Waals surface area contributed by atoms with Crippen LogP contribution < -0.4 is 4.74 Å². The van der Waals surface area contributed by atoms with Gasteiger partial charge in [0.05, 0.1) is 18.9 Å². The van der Waals surface area contributed by atoms with Crippen LogP contribution in [0.3, 0.4) is 0 Å². The van der Waals surface area contributed by atoms with Gasteiger partial charge in [0.15, 0.2) is 0 Å². The third-order valence-electron chi connectivity index (χ3n) is 2.54. The number of aliphatic hydroxyl groups is 1.